The molecule has 0 saturated carbocycles. The van der Waals surface area contributed by atoms with Crippen molar-refractivity contribution in [2.24, 2.45) is 11.8 Å². The molecule has 0 aliphatic carbocycles. The van der Waals surface area contributed by atoms with Gasteiger partial charge in [-0.2, -0.15) is 0 Å². The Labute approximate surface area is 596 Å². The maximum absolute atomic E-state index is 13.8. The quantitative estimate of drug-likeness (QED) is 0.232. The molecule has 0 radical (unpaired) electrons. The number of carbonyl (C=O) groups excluding carboxylic acids is 2. The first kappa shape index (κ1) is 38.9. The van der Waals surface area contributed by atoms with Gasteiger partial charge < -0.3 is 10.2 Å². The first-order chi connectivity index (χ1) is 22.7. The first-order valence-electron chi connectivity index (χ1n) is 17.6. The maximum atomic E-state index is 13.8. The zero-order valence-corrected chi connectivity index (χ0v) is 33.5. The smallest absolute Gasteiger partial charge is 0.253 e. The molecule has 5 nitrogen and oxygen atoms in total. The summed E-state index contributed by atoms with van der Waals surface area (Å²) in [6.45, 7) is 27.8. The summed E-state index contributed by atoms with van der Waals surface area (Å²) in [5.74, 6) is 0.263. The summed E-state index contributed by atoms with van der Waals surface area (Å²) < 4.78 is 0. The number of likely N-dealkylation sites (N-methyl/N-ethyl adjacent to an activating group) is 1. The zero-order chi connectivity index (χ0) is 36.7. The van der Waals surface area contributed by atoms with Crippen LogP contribution in [0.15, 0.2) is 36.4 Å². The van der Waals surface area contributed by atoms with E-state index in [4.69, 9.17) is 23.2 Å². The Morgan fingerprint density at radius 3 is 2.18 bits per heavy atom. The van der Waals surface area contributed by atoms with E-state index in [1.165, 1.54) is 27.8 Å². The number of hydrogen-bond acceptors (Lipinski definition) is 3. The van der Waals surface area contributed by atoms with Crippen LogP contribution in [-0.2, 0) is 10.3 Å². The van der Waals surface area contributed by atoms with Gasteiger partial charge in [0.2, 0.25) is 5.91 Å². The van der Waals surface area contributed by atoms with E-state index in [2.05, 4.69) is 84.7 Å². The standard InChI is InChI=1S/C42H57Cl2N3O2.196H2/c1-24-14-16-34(20-26(24)3)40(49)46(13)23-36(35-21-38(43)39(44)31(8)29(35)6)27(4)22-47-19-18-42(45-33(10)48,32(9)41(47,11)12)37-17-15-25(2)28(5)30(37)7;;;;;;;;;;;;;;;;;;;;;;;;;;;;;;;;;;;;;;;;;;;;;;;;;;;;;;;;;;;;;;;;;;;;;;;;;;;;;;;;;;;;;;;;;;;;;;;;;;;;;;;;;;;;;;;;;;;;;;;;;;;;;;;;;;;;;;;;;;;;;;;;;;;;;;;;;;;;;;;;;;;;;;;;;;;;;;;;;;;;;;;;;;;;;;;;;;;;/h14-17,20-21,27,32,36H,18-19,22-23H2,1-13H3,(H,45,48);196*1H/t27?,32?,36-,42?;;;;;;;;;;;;;;;;;;;;;;;;;;;;;;;;;;;;;;;;;;;;;;;;;;;;;;;;;;;;;;;;;;;;;;;;;;;;;;;;;;;;;;;;;;;;;;;;;;;;;;;;;;;;;;;;;;;;;;;;;;;;;;;;;;;;;;;;;;;;;;;;;;;;;;;;;;;;;;;;;;;;;;;;;;;;;;;;;;;;;;;;;;;;;;;;;;;;/m0..................................................................................................................................................................................................../s1. The largest absolute Gasteiger partial charge is 0.346 e. The highest BCUT2D eigenvalue weighted by Gasteiger charge is 2.52. The predicted molar refractivity (Wildman–Crippen MR) is 621 cm³/mol. The van der Waals surface area contributed by atoms with Gasteiger partial charge in [-0.3, -0.25) is 14.5 Å². The third kappa shape index (κ3) is 7.46. The van der Waals surface area contributed by atoms with Crippen LogP contribution in [0.5, 0.6) is 0 Å². The molecule has 3 unspecified atom stereocenters. The highest BCUT2D eigenvalue weighted by Crippen LogP contribution is 2.48. The molecule has 49 heavy (non-hydrogen) atoms. The van der Waals surface area contributed by atoms with E-state index >= 15 is 0 Å². The molecule has 658 valence electrons. The third-order valence-corrected chi connectivity index (χ3v) is 13.2. The van der Waals surface area contributed by atoms with Crippen molar-refractivity contribution in [3.05, 3.63) is 102 Å². The number of piperidine rings is 1. The van der Waals surface area contributed by atoms with Crippen molar-refractivity contribution in [3.8, 4) is 0 Å². The van der Waals surface area contributed by atoms with Gasteiger partial charge in [-0.05, 0) is 143 Å². The molecule has 4 rings (SSSR count). The number of benzene rings is 3. The second-order valence-corrected chi connectivity index (χ2v) is 16.3. The van der Waals surface area contributed by atoms with Crippen LogP contribution in [0.25, 0.3) is 0 Å². The fourth-order valence-corrected chi connectivity index (χ4v) is 8.62. The molecule has 1 heterocycles. The van der Waals surface area contributed by atoms with Crippen molar-refractivity contribution in [3.63, 3.8) is 0 Å². The van der Waals surface area contributed by atoms with Gasteiger partial charge >= 0.3 is 0 Å². The molecule has 1 aliphatic rings. The Bertz CT molecular complexity index is 1930. The summed E-state index contributed by atoms with van der Waals surface area (Å²) in [4.78, 5) is 31.1. The van der Waals surface area contributed by atoms with Crippen LogP contribution in [0.4, 0.5) is 0 Å². The van der Waals surface area contributed by atoms with Crippen LogP contribution in [0.2, 0.25) is 10.0 Å². The van der Waals surface area contributed by atoms with Gasteiger partial charge in [0.05, 0.1) is 15.6 Å². The number of nitrogens with one attached hydrogen (secondary N) is 1. The summed E-state index contributed by atoms with van der Waals surface area (Å²) in [5, 5.41) is 4.59. The van der Waals surface area contributed by atoms with E-state index in [9.17, 15) is 9.59 Å². The minimum absolute atomic E-state index is 0. The molecule has 4 atom stereocenters. The lowest BCUT2D eigenvalue weighted by Crippen LogP contribution is -2.67. The van der Waals surface area contributed by atoms with E-state index in [0.29, 0.717) is 22.2 Å². The van der Waals surface area contributed by atoms with E-state index in [1.807, 2.05) is 50.1 Å². The Morgan fingerprint density at radius 1 is 0.939 bits per heavy atom. The lowest BCUT2D eigenvalue weighted by Gasteiger charge is -2.58. The molecule has 1 N–H and O–H groups in total. The summed E-state index contributed by atoms with van der Waals surface area (Å²) in [7, 11) is 1.90. The number of amides is 2. The monoisotopic (exact) mass is 1100 g/mol. The molecule has 3 aromatic rings. The molecule has 1 aliphatic heterocycles. The van der Waals surface area contributed by atoms with Crippen LogP contribution < -0.4 is 5.32 Å². The average Bonchev–Trinajstić information content (AvgIpc) is 3.04. The van der Waals surface area contributed by atoms with Crippen molar-refractivity contribution in [1.82, 2.24) is 15.1 Å². The number of aryl methyl sites for hydroxylation is 3. The van der Waals surface area contributed by atoms with E-state index in [-0.39, 0.29) is 315 Å². The SMILES string of the molecule is CC(=O)NC1(c2ccc(C)c(C)c2C)CCN(CC(C)[C@H](CN(C)C(=O)c2ccc(C)c(C)c2)c2cc(Cl)c(Cl)c(C)c2C)C(C)(C)C1C.[HH].[HH].[HH].[HH].[HH].[HH].[HH].[HH].[HH].[HH].[HH].[HH].[HH].[HH].[HH].[HH].[HH].[HH].[HH].[HH].[HH].[HH].[HH].[HH].[HH].[HH].[HH].[HH].[HH].[HH].[HH].[HH].[HH].[HH].[HH].[HH].[HH].[HH].[HH].[HH].[HH].[HH].[HH].[HH].[HH].[HH].[HH].[HH].[HH].[HH].[HH].[HH].[HH].[HH].[HH].[HH].[HH].[HH].[HH].[HH].[HH].[HH].[HH].[HH].[HH].[HH].[HH].[HH].[HH].[HH].[HH].[HH].[HH].[HH].[HH].[HH].[HH].[HH].[HH].[HH].[HH].[HH].[HH].[HH].[HH].[HH].[HH].[HH].[HH].[HH].[HH].[HH].[HH].[HH].[HH].[HH].[HH].[HH].[HH].[HH].[HH].[HH].[HH].[HH].[HH].[HH].[HH].[HH].[HH].[HH].[HH].[HH].[HH].[HH].[HH].[HH].[HH].[HH].[HH].[HH].[HH].[HH].[HH].[HH].[HH].[HH].[HH].[HH].[HH].[HH].[HH].[HH].[HH].[HH].[HH].[HH].[HH].[HH].[HH].[HH].[HH].[HH].[HH].[HH].[HH].[HH].[HH].[HH].[HH].[HH].[HH].[HH].[HH].[HH].[HH].[HH].[HH].[HH].[HH].[HH].[HH].[HH].[HH].[HH].[HH].[HH].[HH].[HH].[HH].[HH].[HH].[HH].[HH].[HH].[HH].[HH].[HH].[HH].[HH].[HH].[HH].[HH].[HH].[HH].[HH].[HH].[HH].[HH].[HH].[HH].[HH].[HH].[HH].[HH].[HH].[HH]. The molecular weight excluding hydrogens is 649 g/mol. The van der Waals surface area contributed by atoms with Crippen LogP contribution in [0.1, 0.15) is 387 Å². The summed E-state index contributed by atoms with van der Waals surface area (Å²) >= 11 is 13.4. The Morgan fingerprint density at radius 2 is 1.57 bits per heavy atom. The minimum Gasteiger partial charge on any atom is -0.346 e. The van der Waals surface area contributed by atoms with Gasteiger partial charge in [0, 0.05) is 336 Å². The van der Waals surface area contributed by atoms with Gasteiger partial charge in [-0.1, -0.05) is 55.2 Å². The number of rotatable bonds is 9. The van der Waals surface area contributed by atoms with Crippen molar-refractivity contribution >= 4 is 35.0 Å². The molecule has 2 amide bonds. The Hall–Kier alpha value is -2.86. The predicted octanol–water partition coefficient (Wildman–Crippen LogP) is 58.0. The molecule has 1 saturated heterocycles. The average molecular weight is 1100 g/mol. The summed E-state index contributed by atoms with van der Waals surface area (Å²) in [6, 6.07) is 12.4. The summed E-state index contributed by atoms with van der Waals surface area (Å²) in [6.07, 6.45) is 0.800. The molecule has 0 spiro atoms. The highest BCUT2D eigenvalue weighted by molar-refractivity contribution is 6.42. The minimum atomic E-state index is -0.493. The molecule has 3 aromatic carbocycles. The zero-order valence-electron chi connectivity index (χ0n) is 32.0. The second kappa shape index (κ2) is 14.8. The van der Waals surface area contributed by atoms with Gasteiger partial charge in [-0.15, -0.1) is 0 Å². The molecule has 0 bridgehead atoms. The summed E-state index contributed by atoms with van der Waals surface area (Å²) in [5.41, 5.74) is 10.4. The number of nitrogens with zero attached hydrogens (tertiary/aromatic N) is 2. The number of likely N-dealkylation sites (tertiary alicyclic amines) is 1. The van der Waals surface area contributed by atoms with E-state index < -0.39 is 5.54 Å². The van der Waals surface area contributed by atoms with Crippen LogP contribution in [0.3, 0.4) is 0 Å². The highest BCUT2D eigenvalue weighted by atomic mass is 35.5. The van der Waals surface area contributed by atoms with Crippen LogP contribution in [0, 0.1) is 60.3 Å². The lowest BCUT2D eigenvalue weighted by atomic mass is 9.63. The van der Waals surface area contributed by atoms with Crippen molar-refractivity contribution in [1.29, 1.82) is 0 Å². The molecule has 1 fully saturated rings. The van der Waals surface area contributed by atoms with Crippen molar-refractivity contribution < 1.29 is 289 Å². The lowest BCUT2D eigenvalue weighted by molar-refractivity contribution is -0.125. The van der Waals surface area contributed by atoms with E-state index in [1.54, 1.807) is 6.92 Å². The van der Waals surface area contributed by atoms with Gasteiger partial charge in [0.1, 0.15) is 0 Å². The first-order valence-corrected chi connectivity index (χ1v) is 18.4. The topological polar surface area (TPSA) is 52.7 Å². The van der Waals surface area contributed by atoms with Crippen molar-refractivity contribution in [2.75, 3.05) is 26.7 Å². The van der Waals surface area contributed by atoms with Crippen molar-refractivity contribution in [2.45, 2.75) is 107 Å². The molecule has 0 aromatic heterocycles. The Kier molecular flexibility index (Phi) is 11.7. The third-order valence-electron chi connectivity index (χ3n) is 12.3. The van der Waals surface area contributed by atoms with E-state index in [0.717, 1.165) is 41.8 Å². The molecular formula is C42H449Cl2N3O2. The Balaban J connectivity index is -0.000000000722. The fourth-order valence-electron chi connectivity index (χ4n) is 8.16. The van der Waals surface area contributed by atoms with Crippen LogP contribution in [-0.4, -0.2) is 53.8 Å². The number of halogens is 2. The van der Waals surface area contributed by atoms with Gasteiger partial charge in [-0.25, -0.2) is 0 Å². The van der Waals surface area contributed by atoms with Gasteiger partial charge in [0.15, 0.2) is 0 Å². The molecule has 7 heteroatoms. The van der Waals surface area contributed by atoms with Crippen LogP contribution >= 0.6 is 23.2 Å². The normalized spacial score (nSPS) is 20.5. The second-order valence-electron chi connectivity index (χ2n) is 15.5. The maximum Gasteiger partial charge on any atom is 0.253 e. The fraction of sp³-hybridized carbons (Fsp3) is 0.524. The number of hydrogen-bond donors (Lipinski definition) is 1. The van der Waals surface area contributed by atoms with Gasteiger partial charge in [0.25, 0.3) is 5.91 Å². The number of carbonyl (C=O) groups is 2.